The second-order valence-corrected chi connectivity index (χ2v) is 6.34. The van der Waals surface area contributed by atoms with Crippen LogP contribution in [0.4, 0.5) is 0 Å². The fourth-order valence-corrected chi connectivity index (χ4v) is 3.40. The normalized spacial score (nSPS) is 18.4. The topological polar surface area (TPSA) is 29.5 Å². The van der Waals surface area contributed by atoms with E-state index in [0.717, 1.165) is 37.6 Å². The lowest BCUT2D eigenvalue weighted by Gasteiger charge is -2.16. The van der Waals surface area contributed by atoms with E-state index in [-0.39, 0.29) is 0 Å². The molecule has 1 saturated heterocycles. The van der Waals surface area contributed by atoms with Gasteiger partial charge >= 0.3 is 0 Å². The molecule has 1 aromatic carbocycles. The van der Waals surface area contributed by atoms with E-state index in [1.165, 1.54) is 5.56 Å². The van der Waals surface area contributed by atoms with Gasteiger partial charge in [-0.05, 0) is 12.0 Å². The first-order valence-electron chi connectivity index (χ1n) is 7.18. The fraction of sp³-hybridized carbons (Fsp3) is 0.562. The van der Waals surface area contributed by atoms with Crippen LogP contribution in [0.15, 0.2) is 30.3 Å². The minimum absolute atomic E-state index is 0.296. The minimum atomic E-state index is 0.296. The molecule has 1 aliphatic heterocycles. The summed E-state index contributed by atoms with van der Waals surface area (Å²) in [6, 6.07) is 10.4. The Bertz CT molecular complexity index is 410. The summed E-state index contributed by atoms with van der Waals surface area (Å²) in [6.45, 7) is 2.54. The van der Waals surface area contributed by atoms with Gasteiger partial charge in [-0.2, -0.15) is 11.8 Å². The Morgan fingerprint density at radius 3 is 2.95 bits per heavy atom. The van der Waals surface area contributed by atoms with Gasteiger partial charge in [0.2, 0.25) is 5.91 Å². The van der Waals surface area contributed by atoms with Crippen molar-refractivity contribution < 1.29 is 9.53 Å². The molecule has 20 heavy (non-hydrogen) atoms. The summed E-state index contributed by atoms with van der Waals surface area (Å²) in [5.74, 6) is 2.71. The molecule has 0 saturated carbocycles. The van der Waals surface area contributed by atoms with Crippen molar-refractivity contribution in [2.75, 3.05) is 32.6 Å². The Kier molecular flexibility index (Phi) is 6.40. The predicted octanol–water partition coefficient (Wildman–Crippen LogP) is 2.80. The number of hydrogen-bond donors (Lipinski definition) is 0. The fourth-order valence-electron chi connectivity index (χ4n) is 2.51. The maximum Gasteiger partial charge on any atom is 0.223 e. The van der Waals surface area contributed by atoms with E-state index in [1.54, 1.807) is 7.11 Å². The zero-order chi connectivity index (χ0) is 14.2. The number of benzene rings is 1. The Balaban J connectivity index is 1.61. The highest BCUT2D eigenvalue weighted by atomic mass is 32.2. The van der Waals surface area contributed by atoms with E-state index in [4.69, 9.17) is 4.74 Å². The molecule has 1 fully saturated rings. The largest absolute Gasteiger partial charge is 0.384 e. The Morgan fingerprint density at radius 1 is 1.40 bits per heavy atom. The number of amides is 1. The maximum atomic E-state index is 12.1. The van der Waals surface area contributed by atoms with Gasteiger partial charge < -0.3 is 9.64 Å². The molecule has 1 atom stereocenters. The summed E-state index contributed by atoms with van der Waals surface area (Å²) in [4.78, 5) is 14.1. The molecular weight excluding hydrogens is 270 g/mol. The number of carbonyl (C=O) groups is 1. The van der Waals surface area contributed by atoms with Gasteiger partial charge in [0.15, 0.2) is 0 Å². The maximum absolute atomic E-state index is 12.1. The van der Waals surface area contributed by atoms with Crippen molar-refractivity contribution in [1.82, 2.24) is 4.90 Å². The zero-order valence-corrected chi connectivity index (χ0v) is 12.9. The Morgan fingerprint density at radius 2 is 2.20 bits per heavy atom. The van der Waals surface area contributed by atoms with Crippen LogP contribution < -0.4 is 0 Å². The summed E-state index contributed by atoms with van der Waals surface area (Å²) in [5, 5.41) is 0. The van der Waals surface area contributed by atoms with E-state index in [0.29, 0.717) is 18.2 Å². The van der Waals surface area contributed by atoms with Crippen LogP contribution in [0.2, 0.25) is 0 Å². The highest BCUT2D eigenvalue weighted by molar-refractivity contribution is 7.98. The van der Waals surface area contributed by atoms with E-state index in [1.807, 2.05) is 22.7 Å². The molecule has 1 amide bonds. The van der Waals surface area contributed by atoms with Crippen LogP contribution in [0.5, 0.6) is 0 Å². The molecule has 0 aliphatic carbocycles. The molecule has 1 heterocycles. The van der Waals surface area contributed by atoms with Gasteiger partial charge in [-0.3, -0.25) is 4.79 Å². The molecule has 1 aromatic rings. The van der Waals surface area contributed by atoms with Crippen LogP contribution in [-0.4, -0.2) is 43.4 Å². The number of hydrogen-bond acceptors (Lipinski definition) is 3. The van der Waals surface area contributed by atoms with Crippen LogP contribution in [-0.2, 0) is 15.3 Å². The average molecular weight is 293 g/mol. The predicted molar refractivity (Wildman–Crippen MR) is 83.8 cm³/mol. The third kappa shape index (κ3) is 4.84. The van der Waals surface area contributed by atoms with E-state index >= 15 is 0 Å². The standard InChI is InChI=1S/C16H23NO2S/c1-19-12-15-7-9-17(11-15)16(18)8-10-20-13-14-5-3-2-4-6-14/h2-6,15H,7-13H2,1H3/t15-/m1/s1. The van der Waals surface area contributed by atoms with Gasteiger partial charge in [-0.15, -0.1) is 0 Å². The first-order chi connectivity index (χ1) is 9.79. The summed E-state index contributed by atoms with van der Waals surface area (Å²) < 4.78 is 5.16. The highest BCUT2D eigenvalue weighted by Crippen LogP contribution is 2.18. The van der Waals surface area contributed by atoms with Crippen LogP contribution >= 0.6 is 11.8 Å². The molecule has 4 heteroatoms. The molecule has 0 unspecified atom stereocenters. The summed E-state index contributed by atoms with van der Waals surface area (Å²) in [5.41, 5.74) is 1.33. The van der Waals surface area contributed by atoms with Crippen molar-refractivity contribution in [2.45, 2.75) is 18.6 Å². The molecule has 2 rings (SSSR count). The van der Waals surface area contributed by atoms with Gasteiger partial charge in [0, 0.05) is 44.0 Å². The van der Waals surface area contributed by atoms with Crippen molar-refractivity contribution in [2.24, 2.45) is 5.92 Å². The van der Waals surface area contributed by atoms with E-state index in [2.05, 4.69) is 24.3 Å². The van der Waals surface area contributed by atoms with E-state index < -0.39 is 0 Å². The first kappa shape index (κ1) is 15.4. The lowest BCUT2D eigenvalue weighted by atomic mass is 10.1. The van der Waals surface area contributed by atoms with Crippen molar-refractivity contribution in [1.29, 1.82) is 0 Å². The first-order valence-corrected chi connectivity index (χ1v) is 8.33. The monoisotopic (exact) mass is 293 g/mol. The van der Waals surface area contributed by atoms with Crippen LogP contribution in [0.3, 0.4) is 0 Å². The van der Waals surface area contributed by atoms with Crippen molar-refractivity contribution in [3.8, 4) is 0 Å². The summed E-state index contributed by atoms with van der Waals surface area (Å²) in [6.07, 6.45) is 1.73. The smallest absolute Gasteiger partial charge is 0.223 e. The molecule has 0 aromatic heterocycles. The quantitative estimate of drug-likeness (QED) is 0.724. The van der Waals surface area contributed by atoms with Crippen molar-refractivity contribution in [3.63, 3.8) is 0 Å². The number of thioether (sulfide) groups is 1. The van der Waals surface area contributed by atoms with Gasteiger partial charge in [-0.1, -0.05) is 30.3 Å². The van der Waals surface area contributed by atoms with Gasteiger partial charge in [0.25, 0.3) is 0 Å². The zero-order valence-electron chi connectivity index (χ0n) is 12.1. The molecule has 0 radical (unpaired) electrons. The lowest BCUT2D eigenvalue weighted by molar-refractivity contribution is -0.129. The second kappa shape index (κ2) is 8.32. The third-order valence-corrected chi connectivity index (χ3v) is 4.64. The average Bonchev–Trinajstić information content (AvgIpc) is 2.94. The van der Waals surface area contributed by atoms with Crippen molar-refractivity contribution >= 4 is 17.7 Å². The van der Waals surface area contributed by atoms with Crippen LogP contribution in [0.25, 0.3) is 0 Å². The summed E-state index contributed by atoms with van der Waals surface area (Å²) >= 11 is 1.83. The molecule has 0 bridgehead atoms. The van der Waals surface area contributed by atoms with Gasteiger partial charge in [-0.25, -0.2) is 0 Å². The molecular formula is C16H23NO2S. The molecule has 1 aliphatic rings. The number of rotatable bonds is 7. The van der Waals surface area contributed by atoms with Gasteiger partial charge in [0.1, 0.15) is 0 Å². The van der Waals surface area contributed by atoms with Crippen LogP contribution in [0, 0.1) is 5.92 Å². The number of methoxy groups -OCH3 is 1. The SMILES string of the molecule is COC[C@@H]1CCN(C(=O)CCSCc2ccccc2)C1. The number of likely N-dealkylation sites (tertiary alicyclic amines) is 1. The Hall–Kier alpha value is -1.00. The van der Waals surface area contributed by atoms with Gasteiger partial charge in [0.05, 0.1) is 6.61 Å². The highest BCUT2D eigenvalue weighted by Gasteiger charge is 2.25. The lowest BCUT2D eigenvalue weighted by Crippen LogP contribution is -2.29. The van der Waals surface area contributed by atoms with Crippen molar-refractivity contribution in [3.05, 3.63) is 35.9 Å². The number of carbonyl (C=O) groups excluding carboxylic acids is 1. The number of ether oxygens (including phenoxy) is 1. The number of nitrogens with zero attached hydrogens (tertiary/aromatic N) is 1. The second-order valence-electron chi connectivity index (χ2n) is 5.24. The molecule has 0 spiro atoms. The summed E-state index contributed by atoms with van der Waals surface area (Å²) in [7, 11) is 1.73. The molecule has 3 nitrogen and oxygen atoms in total. The molecule has 0 N–H and O–H groups in total. The minimum Gasteiger partial charge on any atom is -0.384 e. The Labute approximate surface area is 125 Å². The van der Waals surface area contributed by atoms with E-state index in [9.17, 15) is 4.79 Å². The molecule has 110 valence electrons. The third-order valence-electron chi connectivity index (χ3n) is 3.61. The van der Waals surface area contributed by atoms with Crippen LogP contribution in [0.1, 0.15) is 18.4 Å².